The van der Waals surface area contributed by atoms with E-state index in [1.54, 1.807) is 18.2 Å². The second kappa shape index (κ2) is 5.55. The number of imide groups is 1. The molecule has 8 nitrogen and oxygen atoms in total. The van der Waals surface area contributed by atoms with Crippen LogP contribution in [0.2, 0.25) is 0 Å². The molecule has 1 aliphatic carbocycles. The van der Waals surface area contributed by atoms with Gasteiger partial charge in [0, 0.05) is 11.7 Å². The van der Waals surface area contributed by atoms with Gasteiger partial charge in [0.1, 0.15) is 6.04 Å². The summed E-state index contributed by atoms with van der Waals surface area (Å²) in [6.07, 6.45) is 3.06. The highest BCUT2D eigenvalue weighted by atomic mass is 32.2. The van der Waals surface area contributed by atoms with Crippen molar-refractivity contribution < 1.29 is 22.8 Å². The van der Waals surface area contributed by atoms with Gasteiger partial charge in [0.25, 0.3) is 17.7 Å². The summed E-state index contributed by atoms with van der Waals surface area (Å²) in [5.41, 5.74) is 1.10. The summed E-state index contributed by atoms with van der Waals surface area (Å²) >= 11 is 0. The number of benzene rings is 1. The number of carbonyl (C=O) groups is 3. The van der Waals surface area contributed by atoms with Crippen molar-refractivity contribution in [3.8, 4) is 0 Å². The number of hydrogen-bond donors (Lipinski definition) is 2. The number of nitrogens with zero attached hydrogens (tertiary/aromatic N) is 1. The smallest absolute Gasteiger partial charge is 0.264 e. The van der Waals surface area contributed by atoms with Crippen LogP contribution in [0.3, 0.4) is 0 Å². The van der Waals surface area contributed by atoms with Gasteiger partial charge in [0.05, 0.1) is 16.9 Å². The second-order valence-corrected chi connectivity index (χ2v) is 8.41. The van der Waals surface area contributed by atoms with E-state index in [2.05, 4.69) is 5.32 Å². The molecule has 132 valence electrons. The molecule has 2 aliphatic heterocycles. The molecule has 1 atom stereocenters. The number of nitrogens with one attached hydrogen (secondary N) is 2. The Morgan fingerprint density at radius 2 is 1.84 bits per heavy atom. The minimum absolute atomic E-state index is 0.0922. The van der Waals surface area contributed by atoms with Crippen LogP contribution in [0, 0.1) is 0 Å². The van der Waals surface area contributed by atoms with Gasteiger partial charge < -0.3 is 5.32 Å². The molecule has 0 aromatic heterocycles. The first-order valence-electron chi connectivity index (χ1n) is 8.19. The van der Waals surface area contributed by atoms with Gasteiger partial charge in [-0.2, -0.15) is 0 Å². The van der Waals surface area contributed by atoms with E-state index in [4.69, 9.17) is 0 Å². The lowest BCUT2D eigenvalue weighted by molar-refractivity contribution is -0.123. The highest BCUT2D eigenvalue weighted by Crippen LogP contribution is 2.34. The maximum Gasteiger partial charge on any atom is 0.264 e. The Kier molecular flexibility index (Phi) is 3.57. The molecule has 4 rings (SSSR count). The first-order chi connectivity index (χ1) is 11.9. The lowest BCUT2D eigenvalue weighted by atomic mass is 9.92. The predicted molar refractivity (Wildman–Crippen MR) is 88.5 cm³/mol. The Morgan fingerprint density at radius 1 is 1.08 bits per heavy atom. The summed E-state index contributed by atoms with van der Waals surface area (Å²) in [4.78, 5) is 38.5. The van der Waals surface area contributed by atoms with E-state index in [1.807, 2.05) is 4.72 Å². The van der Waals surface area contributed by atoms with Crippen molar-refractivity contribution in [1.29, 1.82) is 0 Å². The summed E-state index contributed by atoms with van der Waals surface area (Å²) < 4.78 is 24.9. The zero-order valence-corrected chi connectivity index (χ0v) is 14.1. The lowest BCUT2D eigenvalue weighted by Gasteiger charge is -2.29. The van der Waals surface area contributed by atoms with E-state index in [0.29, 0.717) is 5.69 Å². The molecule has 25 heavy (non-hydrogen) atoms. The first-order valence-corrected chi connectivity index (χ1v) is 9.84. The third kappa shape index (κ3) is 2.58. The van der Waals surface area contributed by atoms with Crippen LogP contribution in [0.4, 0.5) is 5.69 Å². The molecule has 2 fully saturated rings. The standard InChI is InChI=1S/C16H17N3O5S/c20-14-12(7-8-25(23,24)18-14)19-15(21)10-5-2-6-11(13(10)16(19)22)17-9-3-1-4-9/h2,5-6,9,12,17H,1,3-4,7-8H2,(H,18,20). The molecule has 2 N–H and O–H groups in total. The van der Waals surface area contributed by atoms with Crippen molar-refractivity contribution in [2.75, 3.05) is 11.1 Å². The topological polar surface area (TPSA) is 113 Å². The fraction of sp³-hybridized carbons (Fsp3) is 0.438. The minimum atomic E-state index is -3.68. The number of anilines is 1. The van der Waals surface area contributed by atoms with Crippen LogP contribution in [0.1, 0.15) is 46.4 Å². The van der Waals surface area contributed by atoms with Crippen molar-refractivity contribution in [2.45, 2.75) is 37.8 Å². The zero-order chi connectivity index (χ0) is 17.8. The largest absolute Gasteiger partial charge is 0.382 e. The molecule has 0 spiro atoms. The van der Waals surface area contributed by atoms with Crippen molar-refractivity contribution >= 4 is 33.4 Å². The predicted octanol–water partition coefficient (Wildman–Crippen LogP) is 0.465. The summed E-state index contributed by atoms with van der Waals surface area (Å²) in [6, 6.07) is 4.18. The highest BCUT2D eigenvalue weighted by Gasteiger charge is 2.46. The highest BCUT2D eigenvalue weighted by molar-refractivity contribution is 7.90. The quantitative estimate of drug-likeness (QED) is 0.755. The summed E-state index contributed by atoms with van der Waals surface area (Å²) in [5.74, 6) is -2.25. The molecule has 3 aliphatic rings. The van der Waals surface area contributed by atoms with Crippen LogP contribution >= 0.6 is 0 Å². The molecule has 1 aromatic carbocycles. The van der Waals surface area contributed by atoms with Crippen LogP contribution in [0.15, 0.2) is 18.2 Å². The fourth-order valence-electron chi connectivity index (χ4n) is 3.40. The summed E-state index contributed by atoms with van der Waals surface area (Å²) in [5, 5.41) is 3.28. The van der Waals surface area contributed by atoms with Crippen LogP contribution in [-0.4, -0.2) is 48.9 Å². The number of rotatable bonds is 3. The van der Waals surface area contributed by atoms with Crippen molar-refractivity contribution in [1.82, 2.24) is 9.62 Å². The van der Waals surface area contributed by atoms with E-state index < -0.39 is 33.8 Å². The first kappa shape index (κ1) is 16.1. The lowest BCUT2D eigenvalue weighted by Crippen LogP contribution is -2.55. The minimum Gasteiger partial charge on any atom is -0.382 e. The van der Waals surface area contributed by atoms with Gasteiger partial charge in [-0.25, -0.2) is 8.42 Å². The van der Waals surface area contributed by atoms with Gasteiger partial charge in [-0.3, -0.25) is 24.0 Å². The van der Waals surface area contributed by atoms with Gasteiger partial charge in [-0.1, -0.05) is 6.07 Å². The average molecular weight is 363 g/mol. The average Bonchev–Trinajstić information content (AvgIpc) is 2.76. The third-order valence-corrected chi connectivity index (χ3v) is 6.23. The van der Waals surface area contributed by atoms with Gasteiger partial charge in [-0.05, 0) is 37.8 Å². The molecular formula is C16H17N3O5S. The van der Waals surface area contributed by atoms with E-state index in [0.717, 1.165) is 24.2 Å². The Balaban J connectivity index is 1.66. The van der Waals surface area contributed by atoms with Gasteiger partial charge >= 0.3 is 0 Å². The van der Waals surface area contributed by atoms with Crippen molar-refractivity contribution in [3.63, 3.8) is 0 Å². The van der Waals surface area contributed by atoms with E-state index in [1.165, 1.54) is 0 Å². The molecule has 3 amide bonds. The molecular weight excluding hydrogens is 346 g/mol. The Morgan fingerprint density at radius 3 is 2.48 bits per heavy atom. The Bertz CT molecular complexity index is 891. The fourth-order valence-corrected chi connectivity index (χ4v) is 4.47. The Hall–Kier alpha value is -2.42. The van der Waals surface area contributed by atoms with Gasteiger partial charge in [-0.15, -0.1) is 0 Å². The van der Waals surface area contributed by atoms with Crippen LogP contribution in [-0.2, 0) is 14.8 Å². The molecule has 1 saturated heterocycles. The zero-order valence-electron chi connectivity index (χ0n) is 13.3. The molecule has 1 saturated carbocycles. The van der Waals surface area contributed by atoms with Crippen molar-refractivity contribution in [3.05, 3.63) is 29.3 Å². The maximum atomic E-state index is 12.9. The summed E-state index contributed by atoms with van der Waals surface area (Å²) in [7, 11) is -3.68. The number of fused-ring (bicyclic) bond motifs is 1. The van der Waals surface area contributed by atoms with Gasteiger partial charge in [0.15, 0.2) is 0 Å². The molecule has 2 heterocycles. The number of carbonyl (C=O) groups excluding carboxylic acids is 3. The van der Waals surface area contributed by atoms with E-state index >= 15 is 0 Å². The molecule has 9 heteroatoms. The van der Waals surface area contributed by atoms with Crippen LogP contribution < -0.4 is 10.0 Å². The van der Waals surface area contributed by atoms with Crippen molar-refractivity contribution in [2.24, 2.45) is 0 Å². The number of hydrogen-bond acceptors (Lipinski definition) is 6. The monoisotopic (exact) mass is 363 g/mol. The Labute approximate surface area is 144 Å². The molecule has 0 bridgehead atoms. The number of sulfonamides is 1. The second-order valence-electron chi connectivity index (χ2n) is 6.57. The van der Waals surface area contributed by atoms with E-state index in [-0.39, 0.29) is 29.3 Å². The number of amides is 3. The SMILES string of the molecule is O=C1NS(=O)(=O)CCC1N1C(=O)c2cccc(NC3CCC3)c2C1=O. The summed E-state index contributed by atoms with van der Waals surface area (Å²) in [6.45, 7) is 0. The molecule has 1 aromatic rings. The van der Waals surface area contributed by atoms with Crippen LogP contribution in [0.5, 0.6) is 0 Å². The molecule has 0 radical (unpaired) electrons. The third-order valence-electron chi connectivity index (χ3n) is 4.94. The molecule has 1 unspecified atom stereocenters. The normalized spacial score (nSPS) is 25.4. The maximum absolute atomic E-state index is 12.9. The van der Waals surface area contributed by atoms with Gasteiger partial charge in [0.2, 0.25) is 10.0 Å². The van der Waals surface area contributed by atoms with E-state index in [9.17, 15) is 22.8 Å². The van der Waals surface area contributed by atoms with Crippen LogP contribution in [0.25, 0.3) is 0 Å².